The van der Waals surface area contributed by atoms with E-state index in [9.17, 15) is 0 Å². The number of hydrogen-bond acceptors (Lipinski definition) is 2. The molecule has 1 aliphatic rings. The Balaban J connectivity index is 1.81. The van der Waals surface area contributed by atoms with Crippen molar-refractivity contribution in [1.82, 2.24) is 4.98 Å². The second kappa shape index (κ2) is 5.30. The minimum Gasteiger partial charge on any atom is -0.324 e. The van der Waals surface area contributed by atoms with Gasteiger partial charge in [-0.2, -0.15) is 0 Å². The SMILES string of the molecule is Cc1ccc2cc(C(N)CC3CCCC3)ccc2n1. The van der Waals surface area contributed by atoms with E-state index in [1.165, 1.54) is 36.6 Å². The molecule has 1 saturated carbocycles. The van der Waals surface area contributed by atoms with Crippen LogP contribution in [0.25, 0.3) is 10.9 Å². The third kappa shape index (κ3) is 2.79. The van der Waals surface area contributed by atoms with Crippen molar-refractivity contribution >= 4 is 10.9 Å². The van der Waals surface area contributed by atoms with Crippen LogP contribution in [0, 0.1) is 12.8 Å². The third-order valence-corrected chi connectivity index (χ3v) is 4.34. The van der Waals surface area contributed by atoms with Crippen molar-refractivity contribution in [1.29, 1.82) is 0 Å². The zero-order valence-corrected chi connectivity index (χ0v) is 11.6. The van der Waals surface area contributed by atoms with E-state index in [1.807, 2.05) is 6.92 Å². The molecule has 0 radical (unpaired) electrons. The molecule has 2 heteroatoms. The molecular formula is C17H22N2. The molecule has 2 aromatic rings. The molecule has 3 rings (SSSR count). The van der Waals surface area contributed by atoms with Crippen LogP contribution in [0.1, 0.15) is 49.4 Å². The van der Waals surface area contributed by atoms with Crippen LogP contribution >= 0.6 is 0 Å². The second-order valence-electron chi connectivity index (χ2n) is 5.90. The van der Waals surface area contributed by atoms with Gasteiger partial charge in [-0.3, -0.25) is 4.98 Å². The van der Waals surface area contributed by atoms with Gasteiger partial charge >= 0.3 is 0 Å². The van der Waals surface area contributed by atoms with Crippen molar-refractivity contribution in [2.75, 3.05) is 0 Å². The van der Waals surface area contributed by atoms with E-state index in [2.05, 4.69) is 35.3 Å². The Morgan fingerprint density at radius 2 is 2.00 bits per heavy atom. The quantitative estimate of drug-likeness (QED) is 0.894. The van der Waals surface area contributed by atoms with Crippen molar-refractivity contribution in [3.8, 4) is 0 Å². The van der Waals surface area contributed by atoms with Crippen LogP contribution in [0.2, 0.25) is 0 Å². The molecule has 0 saturated heterocycles. The first kappa shape index (κ1) is 12.6. The Morgan fingerprint density at radius 3 is 2.79 bits per heavy atom. The number of fused-ring (bicyclic) bond motifs is 1. The summed E-state index contributed by atoms with van der Waals surface area (Å²) in [7, 11) is 0. The third-order valence-electron chi connectivity index (χ3n) is 4.34. The molecule has 1 unspecified atom stereocenters. The summed E-state index contributed by atoms with van der Waals surface area (Å²) >= 11 is 0. The van der Waals surface area contributed by atoms with Gasteiger partial charge in [0.1, 0.15) is 0 Å². The molecule has 0 aliphatic heterocycles. The Labute approximate surface area is 115 Å². The zero-order chi connectivity index (χ0) is 13.2. The molecule has 1 aliphatic carbocycles. The number of aromatic nitrogens is 1. The maximum Gasteiger partial charge on any atom is 0.0705 e. The predicted molar refractivity (Wildman–Crippen MR) is 80.0 cm³/mol. The van der Waals surface area contributed by atoms with Gasteiger partial charge in [-0.1, -0.05) is 37.8 Å². The van der Waals surface area contributed by atoms with Crippen molar-refractivity contribution in [3.05, 3.63) is 41.6 Å². The summed E-state index contributed by atoms with van der Waals surface area (Å²) in [6.07, 6.45) is 6.63. The summed E-state index contributed by atoms with van der Waals surface area (Å²) in [5.41, 5.74) is 9.76. The number of pyridine rings is 1. The summed E-state index contributed by atoms with van der Waals surface area (Å²) in [5, 5.41) is 1.20. The lowest BCUT2D eigenvalue weighted by atomic mass is 9.93. The van der Waals surface area contributed by atoms with Crippen molar-refractivity contribution in [3.63, 3.8) is 0 Å². The van der Waals surface area contributed by atoms with Crippen molar-refractivity contribution in [2.45, 2.75) is 45.1 Å². The van der Waals surface area contributed by atoms with E-state index in [0.717, 1.165) is 23.5 Å². The standard InChI is InChI=1S/C17H22N2/c1-12-6-7-15-11-14(8-9-17(15)19-12)16(18)10-13-4-2-3-5-13/h6-9,11,13,16H,2-5,10,18H2,1H3. The van der Waals surface area contributed by atoms with Gasteiger partial charge in [0.25, 0.3) is 0 Å². The molecule has 19 heavy (non-hydrogen) atoms. The highest BCUT2D eigenvalue weighted by atomic mass is 14.7. The molecule has 2 nitrogen and oxygen atoms in total. The number of nitrogens with zero attached hydrogens (tertiary/aromatic N) is 1. The maximum absolute atomic E-state index is 6.38. The highest BCUT2D eigenvalue weighted by molar-refractivity contribution is 5.79. The minimum absolute atomic E-state index is 0.175. The van der Waals surface area contributed by atoms with Crippen molar-refractivity contribution < 1.29 is 0 Å². The van der Waals surface area contributed by atoms with Crippen LogP contribution in [0.5, 0.6) is 0 Å². The average molecular weight is 254 g/mol. The topological polar surface area (TPSA) is 38.9 Å². The normalized spacial score (nSPS) is 18.0. The van der Waals surface area contributed by atoms with Crippen LogP contribution in [0.15, 0.2) is 30.3 Å². The van der Waals surface area contributed by atoms with Gasteiger partial charge in [-0.05, 0) is 43.0 Å². The average Bonchev–Trinajstić information content (AvgIpc) is 2.91. The lowest BCUT2D eigenvalue weighted by Crippen LogP contribution is -2.14. The first-order chi connectivity index (χ1) is 9.22. The molecule has 1 aromatic heterocycles. The number of benzene rings is 1. The minimum atomic E-state index is 0.175. The fourth-order valence-electron chi connectivity index (χ4n) is 3.22. The van der Waals surface area contributed by atoms with E-state index >= 15 is 0 Å². The lowest BCUT2D eigenvalue weighted by Gasteiger charge is -2.17. The van der Waals surface area contributed by atoms with E-state index in [1.54, 1.807) is 0 Å². The first-order valence-corrected chi connectivity index (χ1v) is 7.35. The lowest BCUT2D eigenvalue weighted by molar-refractivity contribution is 0.451. The van der Waals surface area contributed by atoms with Gasteiger partial charge in [-0.15, -0.1) is 0 Å². The molecule has 0 bridgehead atoms. The highest BCUT2D eigenvalue weighted by Crippen LogP contribution is 2.32. The molecule has 2 N–H and O–H groups in total. The summed E-state index contributed by atoms with van der Waals surface area (Å²) in [6, 6.07) is 10.8. The summed E-state index contributed by atoms with van der Waals surface area (Å²) in [4.78, 5) is 4.54. The Hall–Kier alpha value is -1.41. The number of nitrogens with two attached hydrogens (primary N) is 1. The molecule has 1 aromatic carbocycles. The number of hydrogen-bond donors (Lipinski definition) is 1. The smallest absolute Gasteiger partial charge is 0.0705 e. The summed E-state index contributed by atoms with van der Waals surface area (Å²) < 4.78 is 0. The van der Waals surface area contributed by atoms with E-state index in [4.69, 9.17) is 5.73 Å². The molecule has 1 atom stereocenters. The van der Waals surface area contributed by atoms with Gasteiger partial charge in [0.15, 0.2) is 0 Å². The Kier molecular flexibility index (Phi) is 3.52. The van der Waals surface area contributed by atoms with Gasteiger partial charge in [0, 0.05) is 17.1 Å². The fraction of sp³-hybridized carbons (Fsp3) is 0.471. The summed E-state index contributed by atoms with van der Waals surface area (Å²) in [5.74, 6) is 0.835. The molecule has 0 spiro atoms. The van der Waals surface area contributed by atoms with Crippen LogP contribution in [0.3, 0.4) is 0 Å². The Bertz CT molecular complexity index is 570. The monoisotopic (exact) mass is 254 g/mol. The molecule has 0 amide bonds. The summed E-state index contributed by atoms with van der Waals surface area (Å²) in [6.45, 7) is 2.03. The highest BCUT2D eigenvalue weighted by Gasteiger charge is 2.19. The second-order valence-corrected chi connectivity index (χ2v) is 5.90. The first-order valence-electron chi connectivity index (χ1n) is 7.35. The molecule has 1 fully saturated rings. The molecule has 1 heterocycles. The van der Waals surface area contributed by atoms with E-state index in [-0.39, 0.29) is 6.04 Å². The van der Waals surface area contributed by atoms with Gasteiger partial charge in [0.2, 0.25) is 0 Å². The van der Waals surface area contributed by atoms with Gasteiger partial charge < -0.3 is 5.73 Å². The molecule has 100 valence electrons. The fourth-order valence-corrected chi connectivity index (χ4v) is 3.22. The van der Waals surface area contributed by atoms with E-state index < -0.39 is 0 Å². The van der Waals surface area contributed by atoms with Gasteiger partial charge in [-0.25, -0.2) is 0 Å². The van der Waals surface area contributed by atoms with Crippen LogP contribution in [-0.4, -0.2) is 4.98 Å². The van der Waals surface area contributed by atoms with E-state index in [0.29, 0.717) is 0 Å². The van der Waals surface area contributed by atoms with Crippen LogP contribution in [0.4, 0.5) is 0 Å². The maximum atomic E-state index is 6.38. The zero-order valence-electron chi connectivity index (χ0n) is 11.6. The number of aryl methyl sites for hydroxylation is 1. The predicted octanol–water partition coefficient (Wildman–Crippen LogP) is 4.12. The largest absolute Gasteiger partial charge is 0.324 e. The van der Waals surface area contributed by atoms with Gasteiger partial charge in [0.05, 0.1) is 5.52 Å². The molecular weight excluding hydrogens is 232 g/mol. The van der Waals surface area contributed by atoms with Crippen molar-refractivity contribution in [2.24, 2.45) is 11.7 Å². The Morgan fingerprint density at radius 1 is 1.21 bits per heavy atom. The van der Waals surface area contributed by atoms with Crippen LogP contribution < -0.4 is 5.73 Å². The van der Waals surface area contributed by atoms with Crippen LogP contribution in [-0.2, 0) is 0 Å². The number of rotatable bonds is 3.